The van der Waals surface area contributed by atoms with Crippen LogP contribution in [0, 0.1) is 5.92 Å². The average Bonchev–Trinajstić information content (AvgIpc) is 3.40. The van der Waals surface area contributed by atoms with Gasteiger partial charge in [0.05, 0.1) is 0 Å². The summed E-state index contributed by atoms with van der Waals surface area (Å²) >= 11 is 1.58. The molecule has 0 spiro atoms. The Labute approximate surface area is 162 Å². The van der Waals surface area contributed by atoms with E-state index in [1.165, 1.54) is 5.56 Å². The van der Waals surface area contributed by atoms with E-state index in [9.17, 15) is 4.79 Å². The maximum Gasteiger partial charge on any atom is 0.227 e. The Morgan fingerprint density at radius 3 is 2.56 bits per heavy atom. The molecule has 1 N–H and O–H groups in total. The van der Waals surface area contributed by atoms with E-state index in [-0.39, 0.29) is 11.8 Å². The number of piperidine rings is 1. The quantitative estimate of drug-likeness (QED) is 0.731. The highest BCUT2D eigenvalue weighted by atomic mass is 32.1. The Kier molecular flexibility index (Phi) is 5.20. The van der Waals surface area contributed by atoms with Crippen LogP contribution in [0.25, 0.3) is 5.13 Å². The number of nitrogens with zero attached hydrogens (tertiary/aromatic N) is 4. The molecule has 27 heavy (non-hydrogen) atoms. The Bertz CT molecular complexity index is 897. The summed E-state index contributed by atoms with van der Waals surface area (Å²) in [6.45, 7) is 3.76. The van der Waals surface area contributed by atoms with Crippen LogP contribution in [0.3, 0.4) is 0 Å². The van der Waals surface area contributed by atoms with E-state index >= 15 is 0 Å². The molecule has 0 radical (unpaired) electrons. The SMILES string of the molecule is CCc1ccccc1NC(=O)C1CCN(c2nnc(-n3cccc3)s2)CC1. The number of rotatable bonds is 5. The lowest BCUT2D eigenvalue weighted by Crippen LogP contribution is -2.38. The molecule has 0 aliphatic carbocycles. The van der Waals surface area contributed by atoms with E-state index in [4.69, 9.17) is 0 Å². The van der Waals surface area contributed by atoms with Crippen LogP contribution in [-0.4, -0.2) is 33.8 Å². The van der Waals surface area contributed by atoms with Crippen LogP contribution in [0.5, 0.6) is 0 Å². The Balaban J connectivity index is 1.35. The number of hydrogen-bond donors (Lipinski definition) is 1. The number of carbonyl (C=O) groups excluding carboxylic acids is 1. The van der Waals surface area contributed by atoms with Crippen molar-refractivity contribution in [3.63, 3.8) is 0 Å². The number of amides is 1. The van der Waals surface area contributed by atoms with Gasteiger partial charge >= 0.3 is 0 Å². The molecule has 4 rings (SSSR count). The lowest BCUT2D eigenvalue weighted by atomic mass is 9.96. The van der Waals surface area contributed by atoms with Gasteiger partial charge < -0.3 is 10.2 Å². The van der Waals surface area contributed by atoms with Crippen LogP contribution in [0.2, 0.25) is 0 Å². The second-order valence-electron chi connectivity index (χ2n) is 6.72. The molecule has 140 valence electrons. The third kappa shape index (κ3) is 3.88. The van der Waals surface area contributed by atoms with Crippen molar-refractivity contribution in [3.8, 4) is 5.13 Å². The summed E-state index contributed by atoms with van der Waals surface area (Å²) in [5.74, 6) is 0.170. The van der Waals surface area contributed by atoms with Crippen LogP contribution in [-0.2, 0) is 11.2 Å². The topological polar surface area (TPSA) is 63.1 Å². The zero-order chi connectivity index (χ0) is 18.6. The number of aromatic nitrogens is 3. The minimum Gasteiger partial charge on any atom is -0.347 e. The molecule has 1 fully saturated rings. The normalized spacial score (nSPS) is 15.1. The fourth-order valence-corrected chi connectivity index (χ4v) is 4.29. The van der Waals surface area contributed by atoms with Crippen molar-refractivity contribution in [2.24, 2.45) is 5.92 Å². The maximum absolute atomic E-state index is 12.7. The molecule has 1 aromatic carbocycles. The van der Waals surface area contributed by atoms with E-state index in [2.05, 4.69) is 33.4 Å². The third-order valence-electron chi connectivity index (χ3n) is 5.02. The highest BCUT2D eigenvalue weighted by Crippen LogP contribution is 2.28. The first kappa shape index (κ1) is 17.7. The number of para-hydroxylation sites is 1. The van der Waals surface area contributed by atoms with Gasteiger partial charge in [-0.1, -0.05) is 36.5 Å². The van der Waals surface area contributed by atoms with Crippen LogP contribution < -0.4 is 10.2 Å². The second kappa shape index (κ2) is 7.92. The van der Waals surface area contributed by atoms with Crippen LogP contribution in [0.15, 0.2) is 48.8 Å². The standard InChI is InChI=1S/C20H23N5OS/c1-2-15-7-3-4-8-17(15)21-18(26)16-9-13-25(14-10-16)20-23-22-19(27-20)24-11-5-6-12-24/h3-8,11-12,16H,2,9-10,13-14H2,1H3,(H,21,26). The largest absolute Gasteiger partial charge is 0.347 e. The summed E-state index contributed by atoms with van der Waals surface area (Å²) in [4.78, 5) is 14.9. The zero-order valence-electron chi connectivity index (χ0n) is 15.3. The highest BCUT2D eigenvalue weighted by Gasteiger charge is 2.27. The maximum atomic E-state index is 12.7. The summed E-state index contributed by atoms with van der Waals surface area (Å²) in [5.41, 5.74) is 2.11. The molecule has 1 aliphatic rings. The number of aryl methyl sites for hydroxylation is 1. The summed E-state index contributed by atoms with van der Waals surface area (Å²) in [5, 5.41) is 13.5. The number of benzene rings is 1. The zero-order valence-corrected chi connectivity index (χ0v) is 16.2. The Morgan fingerprint density at radius 2 is 1.81 bits per heavy atom. The molecular weight excluding hydrogens is 358 g/mol. The lowest BCUT2D eigenvalue weighted by Gasteiger charge is -2.30. The first-order valence-corrected chi connectivity index (χ1v) is 10.2. The number of anilines is 2. The van der Waals surface area contributed by atoms with Crippen molar-refractivity contribution < 1.29 is 4.79 Å². The molecule has 3 heterocycles. The minimum absolute atomic E-state index is 0.0444. The lowest BCUT2D eigenvalue weighted by molar-refractivity contribution is -0.120. The first-order chi connectivity index (χ1) is 13.2. The summed E-state index contributed by atoms with van der Waals surface area (Å²) in [6.07, 6.45) is 6.51. The fourth-order valence-electron chi connectivity index (χ4n) is 3.42. The molecular formula is C20H23N5OS. The fraction of sp³-hybridized carbons (Fsp3) is 0.350. The van der Waals surface area contributed by atoms with Gasteiger partial charge in [-0.05, 0) is 43.0 Å². The molecule has 1 aliphatic heterocycles. The van der Waals surface area contributed by atoms with E-state index in [1.807, 2.05) is 47.3 Å². The van der Waals surface area contributed by atoms with Gasteiger partial charge in [-0.15, -0.1) is 10.2 Å². The average molecular weight is 382 g/mol. The molecule has 1 amide bonds. The van der Waals surface area contributed by atoms with Crippen LogP contribution in [0.1, 0.15) is 25.3 Å². The number of hydrogen-bond acceptors (Lipinski definition) is 5. The van der Waals surface area contributed by atoms with Gasteiger partial charge in [-0.25, -0.2) is 0 Å². The Hall–Kier alpha value is -2.67. The van der Waals surface area contributed by atoms with Gasteiger partial charge in [0.2, 0.25) is 16.2 Å². The summed E-state index contributed by atoms with van der Waals surface area (Å²) in [6, 6.07) is 12.0. The molecule has 0 bridgehead atoms. The second-order valence-corrected chi connectivity index (χ2v) is 7.65. The first-order valence-electron chi connectivity index (χ1n) is 9.35. The van der Waals surface area contributed by atoms with Gasteiger partial charge in [0.25, 0.3) is 0 Å². The van der Waals surface area contributed by atoms with Gasteiger partial charge in [0, 0.05) is 37.1 Å². The monoisotopic (exact) mass is 381 g/mol. The molecule has 2 aromatic heterocycles. The predicted molar refractivity (Wildman–Crippen MR) is 109 cm³/mol. The van der Waals surface area contributed by atoms with Crippen molar-refractivity contribution in [1.82, 2.24) is 14.8 Å². The van der Waals surface area contributed by atoms with Gasteiger partial charge in [0.1, 0.15) is 0 Å². The number of carbonyl (C=O) groups is 1. The van der Waals surface area contributed by atoms with Crippen molar-refractivity contribution in [2.75, 3.05) is 23.3 Å². The highest BCUT2D eigenvalue weighted by molar-refractivity contribution is 7.17. The van der Waals surface area contributed by atoms with E-state index in [0.717, 1.165) is 48.3 Å². The van der Waals surface area contributed by atoms with E-state index < -0.39 is 0 Å². The van der Waals surface area contributed by atoms with Crippen molar-refractivity contribution >= 4 is 28.1 Å². The molecule has 1 saturated heterocycles. The van der Waals surface area contributed by atoms with Crippen LogP contribution >= 0.6 is 11.3 Å². The van der Waals surface area contributed by atoms with Gasteiger partial charge in [0.15, 0.2) is 0 Å². The number of nitrogens with one attached hydrogen (secondary N) is 1. The van der Waals surface area contributed by atoms with Crippen LogP contribution in [0.4, 0.5) is 10.8 Å². The summed E-state index contributed by atoms with van der Waals surface area (Å²) < 4.78 is 1.96. The molecule has 3 aromatic rings. The van der Waals surface area contributed by atoms with Crippen molar-refractivity contribution in [2.45, 2.75) is 26.2 Å². The van der Waals surface area contributed by atoms with Gasteiger partial charge in [-0.3, -0.25) is 9.36 Å². The van der Waals surface area contributed by atoms with E-state index in [0.29, 0.717) is 0 Å². The van der Waals surface area contributed by atoms with Gasteiger partial charge in [-0.2, -0.15) is 0 Å². The smallest absolute Gasteiger partial charge is 0.227 e. The summed E-state index contributed by atoms with van der Waals surface area (Å²) in [7, 11) is 0. The molecule has 7 heteroatoms. The molecule has 6 nitrogen and oxygen atoms in total. The predicted octanol–water partition coefficient (Wildman–Crippen LogP) is 3.75. The molecule has 0 atom stereocenters. The van der Waals surface area contributed by atoms with E-state index in [1.54, 1.807) is 11.3 Å². The third-order valence-corrected chi connectivity index (χ3v) is 6.02. The molecule has 0 saturated carbocycles. The Morgan fingerprint density at radius 1 is 1.11 bits per heavy atom. The van der Waals surface area contributed by atoms with Crippen molar-refractivity contribution in [3.05, 3.63) is 54.4 Å². The van der Waals surface area contributed by atoms with Crippen molar-refractivity contribution in [1.29, 1.82) is 0 Å². The molecule has 0 unspecified atom stereocenters. The minimum atomic E-state index is 0.0444.